The number of benzene rings is 1. The van der Waals surface area contributed by atoms with Crippen LogP contribution in [0.3, 0.4) is 0 Å². The largest absolute Gasteiger partial charge is 0.487 e. The highest BCUT2D eigenvalue weighted by atomic mass is 35.5. The molecule has 1 aromatic heterocycles. The molecule has 21 heavy (non-hydrogen) atoms. The molecule has 5 heteroatoms. The summed E-state index contributed by atoms with van der Waals surface area (Å²) in [4.78, 5) is 4.32. The van der Waals surface area contributed by atoms with E-state index in [4.69, 9.17) is 16.3 Å². The SMILES string of the molecule is CCCNCc1ccc(OCc2ccc(F)cc2Cl)cn1. The van der Waals surface area contributed by atoms with Crippen molar-refractivity contribution in [2.45, 2.75) is 26.5 Å². The van der Waals surface area contributed by atoms with Crippen molar-refractivity contribution in [3.8, 4) is 5.75 Å². The van der Waals surface area contributed by atoms with Crippen LogP contribution in [0.1, 0.15) is 24.6 Å². The summed E-state index contributed by atoms with van der Waals surface area (Å²) in [5.74, 6) is 0.309. The van der Waals surface area contributed by atoms with E-state index < -0.39 is 0 Å². The van der Waals surface area contributed by atoms with Crippen LogP contribution in [0.4, 0.5) is 4.39 Å². The molecule has 3 nitrogen and oxygen atoms in total. The zero-order chi connectivity index (χ0) is 15.1. The fourth-order valence-corrected chi connectivity index (χ4v) is 2.02. The zero-order valence-corrected chi connectivity index (χ0v) is 12.7. The number of hydrogen-bond donors (Lipinski definition) is 1. The molecule has 0 radical (unpaired) electrons. The fraction of sp³-hybridized carbons (Fsp3) is 0.312. The summed E-state index contributed by atoms with van der Waals surface area (Å²) < 4.78 is 18.5. The van der Waals surface area contributed by atoms with Gasteiger partial charge in [-0.1, -0.05) is 24.6 Å². The van der Waals surface area contributed by atoms with Gasteiger partial charge in [-0.25, -0.2) is 4.39 Å². The van der Waals surface area contributed by atoms with Crippen LogP contribution < -0.4 is 10.1 Å². The molecule has 0 aliphatic heterocycles. The van der Waals surface area contributed by atoms with E-state index in [2.05, 4.69) is 17.2 Å². The van der Waals surface area contributed by atoms with Crippen LogP contribution in [0.25, 0.3) is 0 Å². The number of aromatic nitrogens is 1. The van der Waals surface area contributed by atoms with Crippen molar-refractivity contribution >= 4 is 11.6 Å². The average Bonchev–Trinajstić information content (AvgIpc) is 2.48. The number of halogens is 2. The van der Waals surface area contributed by atoms with E-state index in [-0.39, 0.29) is 12.4 Å². The Hall–Kier alpha value is -1.65. The standard InChI is InChI=1S/C16H18ClFN2O/c1-2-7-19-9-14-5-6-15(10-20-14)21-11-12-3-4-13(18)8-16(12)17/h3-6,8,10,19H,2,7,9,11H2,1H3. The highest BCUT2D eigenvalue weighted by Crippen LogP contribution is 2.19. The monoisotopic (exact) mass is 308 g/mol. The summed E-state index contributed by atoms with van der Waals surface area (Å²) in [6.45, 7) is 4.13. The summed E-state index contributed by atoms with van der Waals surface area (Å²) in [5.41, 5.74) is 1.71. The zero-order valence-electron chi connectivity index (χ0n) is 11.9. The first-order chi connectivity index (χ1) is 10.2. The summed E-state index contributed by atoms with van der Waals surface area (Å²) in [7, 11) is 0. The van der Waals surface area contributed by atoms with Gasteiger partial charge in [0, 0.05) is 12.1 Å². The minimum absolute atomic E-state index is 0.286. The minimum Gasteiger partial charge on any atom is -0.487 e. The summed E-state index contributed by atoms with van der Waals surface area (Å²) in [6, 6.07) is 8.05. The summed E-state index contributed by atoms with van der Waals surface area (Å²) >= 11 is 5.95. The maximum atomic E-state index is 12.9. The topological polar surface area (TPSA) is 34.1 Å². The summed E-state index contributed by atoms with van der Waals surface area (Å²) in [5, 5.41) is 3.65. The predicted molar refractivity (Wildman–Crippen MR) is 82.0 cm³/mol. The second kappa shape index (κ2) is 7.96. The van der Waals surface area contributed by atoms with Gasteiger partial charge >= 0.3 is 0 Å². The highest BCUT2D eigenvalue weighted by Gasteiger charge is 2.03. The third-order valence-corrected chi connectivity index (χ3v) is 3.29. The van der Waals surface area contributed by atoms with E-state index in [1.807, 2.05) is 12.1 Å². The number of pyridine rings is 1. The first-order valence-corrected chi connectivity index (χ1v) is 7.29. The van der Waals surface area contributed by atoms with E-state index in [1.54, 1.807) is 12.3 Å². The smallest absolute Gasteiger partial charge is 0.138 e. The Kier molecular flexibility index (Phi) is 5.96. The van der Waals surface area contributed by atoms with Crippen molar-refractivity contribution in [3.63, 3.8) is 0 Å². The number of nitrogens with zero attached hydrogens (tertiary/aromatic N) is 1. The van der Waals surface area contributed by atoms with E-state index in [0.29, 0.717) is 10.8 Å². The van der Waals surface area contributed by atoms with Crippen molar-refractivity contribution in [3.05, 3.63) is 58.6 Å². The Morgan fingerprint density at radius 2 is 2.14 bits per heavy atom. The van der Waals surface area contributed by atoms with Gasteiger partial charge in [0.05, 0.1) is 16.9 Å². The number of rotatable bonds is 7. The quantitative estimate of drug-likeness (QED) is 0.786. The molecule has 2 aromatic rings. The molecule has 1 heterocycles. The van der Waals surface area contributed by atoms with Gasteiger partial charge in [0.15, 0.2) is 0 Å². The van der Waals surface area contributed by atoms with Crippen LogP contribution in [0.5, 0.6) is 5.75 Å². The molecule has 0 atom stereocenters. The Balaban J connectivity index is 1.88. The van der Waals surface area contributed by atoms with Gasteiger partial charge in [0.1, 0.15) is 18.2 Å². The molecule has 0 bridgehead atoms. The second-order valence-electron chi connectivity index (χ2n) is 4.69. The van der Waals surface area contributed by atoms with Crippen LogP contribution in [-0.2, 0) is 13.2 Å². The molecule has 0 amide bonds. The van der Waals surface area contributed by atoms with Gasteiger partial charge in [-0.15, -0.1) is 0 Å². The van der Waals surface area contributed by atoms with E-state index >= 15 is 0 Å². The van der Waals surface area contributed by atoms with E-state index in [9.17, 15) is 4.39 Å². The molecule has 0 fully saturated rings. The molecule has 0 unspecified atom stereocenters. The Morgan fingerprint density at radius 3 is 2.81 bits per heavy atom. The highest BCUT2D eigenvalue weighted by molar-refractivity contribution is 6.31. The van der Waals surface area contributed by atoms with Crippen molar-refractivity contribution in [2.24, 2.45) is 0 Å². The molecule has 112 valence electrons. The van der Waals surface area contributed by atoms with Gasteiger partial charge in [-0.2, -0.15) is 0 Å². The predicted octanol–water partition coefficient (Wildman–Crippen LogP) is 3.95. The van der Waals surface area contributed by atoms with Gasteiger partial charge in [-0.3, -0.25) is 4.98 Å². The Bertz CT molecular complexity index is 575. The van der Waals surface area contributed by atoms with Crippen LogP contribution in [-0.4, -0.2) is 11.5 Å². The maximum Gasteiger partial charge on any atom is 0.138 e. The van der Waals surface area contributed by atoms with Crippen LogP contribution in [0.2, 0.25) is 5.02 Å². The van der Waals surface area contributed by atoms with Crippen molar-refractivity contribution in [1.82, 2.24) is 10.3 Å². The van der Waals surface area contributed by atoms with Gasteiger partial charge in [0.2, 0.25) is 0 Å². The number of ether oxygens (including phenoxy) is 1. The fourth-order valence-electron chi connectivity index (χ4n) is 1.79. The molecule has 0 saturated carbocycles. The van der Waals surface area contributed by atoms with Crippen LogP contribution in [0.15, 0.2) is 36.5 Å². The van der Waals surface area contributed by atoms with E-state index in [1.165, 1.54) is 12.1 Å². The first kappa shape index (κ1) is 15.7. The molecule has 0 aliphatic carbocycles. The molecule has 0 spiro atoms. The van der Waals surface area contributed by atoms with Gasteiger partial charge < -0.3 is 10.1 Å². The first-order valence-electron chi connectivity index (χ1n) is 6.91. The average molecular weight is 309 g/mol. The normalized spacial score (nSPS) is 10.6. The lowest BCUT2D eigenvalue weighted by Gasteiger charge is -2.08. The molecule has 1 N–H and O–H groups in total. The summed E-state index contributed by atoms with van der Waals surface area (Å²) in [6.07, 6.45) is 2.78. The Morgan fingerprint density at radius 1 is 1.29 bits per heavy atom. The lowest BCUT2D eigenvalue weighted by atomic mass is 10.2. The van der Waals surface area contributed by atoms with Gasteiger partial charge in [0.25, 0.3) is 0 Å². The third-order valence-electron chi connectivity index (χ3n) is 2.94. The van der Waals surface area contributed by atoms with Crippen LogP contribution >= 0.6 is 11.6 Å². The van der Waals surface area contributed by atoms with Crippen molar-refractivity contribution in [1.29, 1.82) is 0 Å². The maximum absolute atomic E-state index is 12.9. The molecular weight excluding hydrogens is 291 g/mol. The Labute approximate surface area is 129 Å². The van der Waals surface area contributed by atoms with Crippen LogP contribution in [0, 0.1) is 5.82 Å². The van der Waals surface area contributed by atoms with Gasteiger partial charge in [-0.05, 0) is 37.2 Å². The number of nitrogens with one attached hydrogen (secondary N) is 1. The number of hydrogen-bond acceptors (Lipinski definition) is 3. The molecular formula is C16H18ClFN2O. The third kappa shape index (κ3) is 4.99. The lowest BCUT2D eigenvalue weighted by Crippen LogP contribution is -2.14. The minimum atomic E-state index is -0.352. The molecule has 1 aromatic carbocycles. The second-order valence-corrected chi connectivity index (χ2v) is 5.09. The molecule has 0 aliphatic rings. The van der Waals surface area contributed by atoms with E-state index in [0.717, 1.165) is 30.8 Å². The molecule has 0 saturated heterocycles. The molecule has 2 rings (SSSR count). The lowest BCUT2D eigenvalue weighted by molar-refractivity contribution is 0.304. The van der Waals surface area contributed by atoms with Crippen molar-refractivity contribution < 1.29 is 9.13 Å². The van der Waals surface area contributed by atoms with Crippen molar-refractivity contribution in [2.75, 3.05) is 6.54 Å².